The van der Waals surface area contributed by atoms with E-state index in [-0.39, 0.29) is 5.56 Å². The lowest BCUT2D eigenvalue weighted by molar-refractivity contribution is 0.730. The van der Waals surface area contributed by atoms with Crippen LogP contribution in [0, 0.1) is 18.3 Å². The molecule has 90 valence electrons. The zero-order valence-electron chi connectivity index (χ0n) is 9.85. The van der Waals surface area contributed by atoms with Crippen LogP contribution in [0.25, 0.3) is 0 Å². The van der Waals surface area contributed by atoms with Gasteiger partial charge < -0.3 is 4.57 Å². The second-order valence-corrected chi connectivity index (χ2v) is 4.42. The second kappa shape index (κ2) is 5.07. The molecule has 0 radical (unpaired) electrons. The molecule has 1 heterocycles. The molecule has 0 saturated heterocycles. The van der Waals surface area contributed by atoms with Crippen LogP contribution in [-0.4, -0.2) is 4.57 Å². The number of nitriles is 1. The SMILES string of the molecule is Cc1cccc(=O)n1Cc1ccc(C#N)cc1Cl. The van der Waals surface area contributed by atoms with Crippen LogP contribution in [0.15, 0.2) is 41.2 Å². The summed E-state index contributed by atoms with van der Waals surface area (Å²) in [5.41, 5.74) is 2.16. The highest BCUT2D eigenvalue weighted by molar-refractivity contribution is 6.31. The zero-order chi connectivity index (χ0) is 13.1. The maximum absolute atomic E-state index is 11.7. The Kier molecular flexibility index (Phi) is 3.50. The summed E-state index contributed by atoms with van der Waals surface area (Å²) in [7, 11) is 0. The fourth-order valence-corrected chi connectivity index (χ4v) is 1.98. The van der Waals surface area contributed by atoms with Crippen LogP contribution in [-0.2, 0) is 6.54 Å². The molecule has 0 fully saturated rings. The minimum absolute atomic E-state index is 0.0598. The van der Waals surface area contributed by atoms with Crippen molar-refractivity contribution in [1.29, 1.82) is 5.26 Å². The quantitative estimate of drug-likeness (QED) is 0.831. The van der Waals surface area contributed by atoms with E-state index in [9.17, 15) is 4.79 Å². The lowest BCUT2D eigenvalue weighted by Gasteiger charge is -2.10. The van der Waals surface area contributed by atoms with Crippen molar-refractivity contribution < 1.29 is 0 Å². The molecule has 0 amide bonds. The number of halogens is 1. The Balaban J connectivity index is 2.41. The van der Waals surface area contributed by atoms with Crippen LogP contribution in [0.1, 0.15) is 16.8 Å². The molecule has 0 aliphatic rings. The first-order valence-electron chi connectivity index (χ1n) is 5.47. The molecule has 0 aliphatic carbocycles. The third-order valence-electron chi connectivity index (χ3n) is 2.78. The van der Waals surface area contributed by atoms with Crippen molar-refractivity contribution in [3.8, 4) is 6.07 Å². The summed E-state index contributed by atoms with van der Waals surface area (Å²) in [4.78, 5) is 11.7. The van der Waals surface area contributed by atoms with Crippen LogP contribution in [0.5, 0.6) is 0 Å². The topological polar surface area (TPSA) is 45.8 Å². The third kappa shape index (κ3) is 2.44. The first-order valence-corrected chi connectivity index (χ1v) is 5.84. The van der Waals surface area contributed by atoms with Crippen LogP contribution in [0.3, 0.4) is 0 Å². The van der Waals surface area contributed by atoms with Gasteiger partial charge in [-0.05, 0) is 30.7 Å². The fraction of sp³-hybridized carbons (Fsp3) is 0.143. The third-order valence-corrected chi connectivity index (χ3v) is 3.13. The Morgan fingerprint density at radius 1 is 1.33 bits per heavy atom. The molecule has 0 aliphatic heterocycles. The molecule has 0 spiro atoms. The molecule has 2 aromatic rings. The summed E-state index contributed by atoms with van der Waals surface area (Å²) < 4.78 is 1.65. The van der Waals surface area contributed by atoms with E-state index in [1.807, 2.05) is 19.1 Å². The van der Waals surface area contributed by atoms with Crippen molar-refractivity contribution in [2.24, 2.45) is 0 Å². The van der Waals surface area contributed by atoms with Crippen molar-refractivity contribution in [3.63, 3.8) is 0 Å². The number of rotatable bonds is 2. The van der Waals surface area contributed by atoms with Gasteiger partial charge in [-0.2, -0.15) is 5.26 Å². The van der Waals surface area contributed by atoms with Crippen LogP contribution >= 0.6 is 11.6 Å². The lowest BCUT2D eigenvalue weighted by Crippen LogP contribution is -2.21. The summed E-state index contributed by atoms with van der Waals surface area (Å²) in [6, 6.07) is 12.2. The molecule has 1 aromatic heterocycles. The Morgan fingerprint density at radius 3 is 2.72 bits per heavy atom. The maximum atomic E-state index is 11.7. The van der Waals surface area contributed by atoms with Gasteiger partial charge in [-0.3, -0.25) is 4.79 Å². The maximum Gasteiger partial charge on any atom is 0.251 e. The standard InChI is InChI=1S/C14H11ClN2O/c1-10-3-2-4-14(18)17(10)9-12-6-5-11(8-16)7-13(12)15/h2-7H,9H2,1H3. The van der Waals surface area contributed by atoms with E-state index < -0.39 is 0 Å². The lowest BCUT2D eigenvalue weighted by atomic mass is 10.1. The molecule has 0 bridgehead atoms. The van der Waals surface area contributed by atoms with Gasteiger partial charge in [0, 0.05) is 16.8 Å². The largest absolute Gasteiger partial charge is 0.308 e. The number of pyridine rings is 1. The van der Waals surface area contributed by atoms with Crippen molar-refractivity contribution >= 4 is 11.6 Å². The number of aryl methyl sites for hydroxylation is 1. The Morgan fingerprint density at radius 2 is 2.11 bits per heavy atom. The number of hydrogen-bond donors (Lipinski definition) is 0. The minimum atomic E-state index is -0.0598. The summed E-state index contributed by atoms with van der Waals surface area (Å²) in [5, 5.41) is 9.27. The highest BCUT2D eigenvalue weighted by Crippen LogP contribution is 2.18. The molecule has 3 nitrogen and oxygen atoms in total. The van der Waals surface area contributed by atoms with Crippen LogP contribution in [0.4, 0.5) is 0 Å². The fourth-order valence-electron chi connectivity index (χ4n) is 1.74. The molecular weight excluding hydrogens is 248 g/mol. The summed E-state index contributed by atoms with van der Waals surface area (Å²) >= 11 is 6.10. The molecule has 0 atom stereocenters. The number of aromatic nitrogens is 1. The molecule has 0 saturated carbocycles. The van der Waals surface area contributed by atoms with E-state index in [4.69, 9.17) is 16.9 Å². The highest BCUT2D eigenvalue weighted by atomic mass is 35.5. The Hall–Kier alpha value is -2.05. The van der Waals surface area contributed by atoms with Crippen molar-refractivity contribution in [2.75, 3.05) is 0 Å². The summed E-state index contributed by atoms with van der Waals surface area (Å²) in [6.07, 6.45) is 0. The van der Waals surface area contributed by atoms with Gasteiger partial charge in [-0.15, -0.1) is 0 Å². The molecule has 1 aromatic carbocycles. The van der Waals surface area contributed by atoms with Gasteiger partial charge in [0.2, 0.25) is 0 Å². The molecule has 0 N–H and O–H groups in total. The van der Waals surface area contributed by atoms with Crippen molar-refractivity contribution in [3.05, 3.63) is 68.6 Å². The first-order chi connectivity index (χ1) is 8.61. The molecular formula is C14H11ClN2O. The second-order valence-electron chi connectivity index (χ2n) is 4.01. The zero-order valence-corrected chi connectivity index (χ0v) is 10.6. The minimum Gasteiger partial charge on any atom is -0.308 e. The molecule has 18 heavy (non-hydrogen) atoms. The predicted octanol–water partition coefficient (Wildman–Crippen LogP) is 2.73. The summed E-state index contributed by atoms with van der Waals surface area (Å²) in [6.45, 7) is 2.29. The number of nitrogens with zero attached hydrogens (tertiary/aromatic N) is 2. The van der Waals surface area contributed by atoms with E-state index in [0.717, 1.165) is 11.3 Å². The van der Waals surface area contributed by atoms with Gasteiger partial charge in [-0.25, -0.2) is 0 Å². The van der Waals surface area contributed by atoms with E-state index in [1.165, 1.54) is 6.07 Å². The van der Waals surface area contributed by atoms with Gasteiger partial charge in [0.15, 0.2) is 0 Å². The van der Waals surface area contributed by atoms with Gasteiger partial charge in [0.05, 0.1) is 18.2 Å². The van der Waals surface area contributed by atoms with Gasteiger partial charge in [0.1, 0.15) is 0 Å². The van der Waals surface area contributed by atoms with Crippen molar-refractivity contribution in [2.45, 2.75) is 13.5 Å². The van der Waals surface area contributed by atoms with Gasteiger partial charge in [-0.1, -0.05) is 23.7 Å². The van der Waals surface area contributed by atoms with Gasteiger partial charge in [0.25, 0.3) is 5.56 Å². The smallest absolute Gasteiger partial charge is 0.251 e. The van der Waals surface area contributed by atoms with Crippen LogP contribution < -0.4 is 5.56 Å². The Bertz CT molecular complexity index is 683. The van der Waals surface area contributed by atoms with E-state index >= 15 is 0 Å². The van der Waals surface area contributed by atoms with E-state index in [1.54, 1.807) is 28.8 Å². The number of hydrogen-bond acceptors (Lipinski definition) is 2. The average molecular weight is 259 g/mol. The number of benzene rings is 1. The Labute approximate surface area is 110 Å². The normalized spacial score (nSPS) is 10.1. The predicted molar refractivity (Wildman–Crippen MR) is 70.7 cm³/mol. The van der Waals surface area contributed by atoms with E-state index in [2.05, 4.69) is 0 Å². The molecule has 4 heteroatoms. The van der Waals surface area contributed by atoms with Crippen molar-refractivity contribution in [1.82, 2.24) is 4.57 Å². The van der Waals surface area contributed by atoms with E-state index in [0.29, 0.717) is 17.1 Å². The summed E-state index contributed by atoms with van der Waals surface area (Å²) in [5.74, 6) is 0. The molecule has 2 rings (SSSR count). The monoisotopic (exact) mass is 258 g/mol. The first kappa shape index (κ1) is 12.4. The van der Waals surface area contributed by atoms with Gasteiger partial charge >= 0.3 is 0 Å². The van der Waals surface area contributed by atoms with Crippen LogP contribution in [0.2, 0.25) is 5.02 Å². The average Bonchev–Trinajstić information content (AvgIpc) is 2.35. The molecule has 0 unspecified atom stereocenters. The highest BCUT2D eigenvalue weighted by Gasteiger charge is 2.05.